The van der Waals surface area contributed by atoms with E-state index in [2.05, 4.69) is 12.2 Å². The Morgan fingerprint density at radius 2 is 2.05 bits per heavy atom. The van der Waals surface area contributed by atoms with E-state index in [4.69, 9.17) is 11.6 Å². The summed E-state index contributed by atoms with van der Waals surface area (Å²) in [5.74, 6) is 0.202. The van der Waals surface area contributed by atoms with Crippen molar-refractivity contribution in [2.45, 2.75) is 39.0 Å². The normalized spacial score (nSPS) is 15.6. The number of hydrogen-bond acceptors (Lipinski definition) is 2. The molecule has 0 aromatic heterocycles. The third-order valence-electron chi connectivity index (χ3n) is 4.05. The van der Waals surface area contributed by atoms with Gasteiger partial charge in [0.2, 0.25) is 11.8 Å². The van der Waals surface area contributed by atoms with Crippen molar-refractivity contribution >= 4 is 29.1 Å². The average Bonchev–Trinajstić information content (AvgIpc) is 2.52. The van der Waals surface area contributed by atoms with Crippen LogP contribution in [0.1, 0.15) is 39.0 Å². The number of benzene rings is 1. The fraction of sp³-hybridized carbons (Fsp3) is 0.529. The molecule has 0 aliphatic carbocycles. The van der Waals surface area contributed by atoms with E-state index >= 15 is 0 Å². The second-order valence-electron chi connectivity index (χ2n) is 5.76. The Morgan fingerprint density at radius 3 is 2.68 bits per heavy atom. The smallest absolute Gasteiger partial charge is 0.227 e. The maximum absolute atomic E-state index is 12.3. The van der Waals surface area contributed by atoms with Crippen molar-refractivity contribution in [1.29, 1.82) is 0 Å². The van der Waals surface area contributed by atoms with Crippen molar-refractivity contribution in [2.75, 3.05) is 18.4 Å². The number of likely N-dealkylation sites (tertiary alicyclic amines) is 1. The summed E-state index contributed by atoms with van der Waals surface area (Å²) in [4.78, 5) is 26.1. The van der Waals surface area contributed by atoms with Crippen LogP contribution in [0.15, 0.2) is 24.3 Å². The Hall–Kier alpha value is -1.55. The molecule has 22 heavy (non-hydrogen) atoms. The van der Waals surface area contributed by atoms with Gasteiger partial charge >= 0.3 is 0 Å². The van der Waals surface area contributed by atoms with Crippen molar-refractivity contribution in [3.05, 3.63) is 29.3 Å². The minimum atomic E-state index is -0.0331. The van der Waals surface area contributed by atoms with Crippen LogP contribution in [0, 0.1) is 5.92 Å². The monoisotopic (exact) mass is 322 g/mol. The summed E-state index contributed by atoms with van der Waals surface area (Å²) in [5.41, 5.74) is 0.721. The summed E-state index contributed by atoms with van der Waals surface area (Å²) in [6.07, 6.45) is 4.04. The largest absolute Gasteiger partial charge is 0.343 e. The summed E-state index contributed by atoms with van der Waals surface area (Å²) in [6.45, 7) is 3.44. The number of piperidine rings is 1. The fourth-order valence-electron chi connectivity index (χ4n) is 2.69. The van der Waals surface area contributed by atoms with E-state index in [1.165, 1.54) is 0 Å². The maximum Gasteiger partial charge on any atom is 0.227 e. The Balaban J connectivity index is 1.81. The molecular weight excluding hydrogens is 300 g/mol. The molecule has 1 aliphatic heterocycles. The first-order valence-electron chi connectivity index (χ1n) is 7.94. The van der Waals surface area contributed by atoms with Gasteiger partial charge in [-0.15, -0.1) is 0 Å². The molecule has 5 heteroatoms. The number of carbonyl (C=O) groups is 2. The molecule has 1 aromatic carbocycles. The van der Waals surface area contributed by atoms with Crippen LogP contribution in [-0.4, -0.2) is 29.8 Å². The lowest BCUT2D eigenvalue weighted by molar-refractivity contribution is -0.134. The van der Waals surface area contributed by atoms with Crippen LogP contribution in [0.3, 0.4) is 0 Å². The van der Waals surface area contributed by atoms with Crippen molar-refractivity contribution in [3.8, 4) is 0 Å². The van der Waals surface area contributed by atoms with Gasteiger partial charge in [0.15, 0.2) is 0 Å². The molecule has 4 nitrogen and oxygen atoms in total. The second-order valence-corrected chi connectivity index (χ2v) is 6.19. The predicted molar refractivity (Wildman–Crippen MR) is 88.9 cm³/mol. The van der Waals surface area contributed by atoms with Gasteiger partial charge in [-0.1, -0.05) is 31.0 Å². The van der Waals surface area contributed by atoms with Gasteiger partial charge in [0, 0.05) is 36.1 Å². The van der Waals surface area contributed by atoms with Gasteiger partial charge in [-0.05, 0) is 37.5 Å². The number of hydrogen-bond donors (Lipinski definition) is 1. The molecule has 2 amide bonds. The lowest BCUT2D eigenvalue weighted by Gasteiger charge is -2.31. The molecule has 0 spiro atoms. The number of rotatable bonds is 5. The van der Waals surface area contributed by atoms with Gasteiger partial charge in [-0.2, -0.15) is 0 Å². The van der Waals surface area contributed by atoms with Crippen LogP contribution in [0.4, 0.5) is 5.69 Å². The minimum Gasteiger partial charge on any atom is -0.343 e. The zero-order valence-corrected chi connectivity index (χ0v) is 13.7. The third-order valence-corrected chi connectivity index (χ3v) is 4.29. The summed E-state index contributed by atoms with van der Waals surface area (Å²) in [5, 5.41) is 3.51. The highest BCUT2D eigenvalue weighted by molar-refractivity contribution is 6.30. The van der Waals surface area contributed by atoms with Crippen LogP contribution in [0.5, 0.6) is 0 Å². The first kappa shape index (κ1) is 16.8. The van der Waals surface area contributed by atoms with Gasteiger partial charge in [0.1, 0.15) is 0 Å². The molecule has 1 saturated heterocycles. The van der Waals surface area contributed by atoms with Gasteiger partial charge < -0.3 is 10.2 Å². The molecule has 1 fully saturated rings. The standard InChI is InChI=1S/C17H23ClN2O2/c1-2-3-7-16(21)20-10-8-13(9-11-20)17(22)19-15-6-4-5-14(18)12-15/h4-6,12-13H,2-3,7-11H2,1H3,(H,19,22). The molecule has 1 aromatic rings. The topological polar surface area (TPSA) is 49.4 Å². The highest BCUT2D eigenvalue weighted by Gasteiger charge is 2.27. The molecule has 0 saturated carbocycles. The lowest BCUT2D eigenvalue weighted by atomic mass is 9.95. The van der Waals surface area contributed by atoms with Crippen LogP contribution in [-0.2, 0) is 9.59 Å². The summed E-state index contributed by atoms with van der Waals surface area (Å²) < 4.78 is 0. The number of carbonyl (C=O) groups excluding carboxylic acids is 2. The van der Waals surface area contributed by atoms with E-state index in [0.717, 1.165) is 31.4 Å². The second kappa shape index (κ2) is 8.18. The molecule has 1 aliphatic rings. The molecule has 120 valence electrons. The summed E-state index contributed by atoms with van der Waals surface area (Å²) >= 11 is 5.91. The van der Waals surface area contributed by atoms with E-state index < -0.39 is 0 Å². The van der Waals surface area contributed by atoms with Crippen molar-refractivity contribution in [3.63, 3.8) is 0 Å². The highest BCUT2D eigenvalue weighted by atomic mass is 35.5. The van der Waals surface area contributed by atoms with Gasteiger partial charge in [-0.3, -0.25) is 9.59 Å². The SMILES string of the molecule is CCCCC(=O)N1CCC(C(=O)Nc2cccc(Cl)c2)CC1. The number of nitrogens with one attached hydrogen (secondary N) is 1. The van der Waals surface area contributed by atoms with Crippen LogP contribution in [0.2, 0.25) is 5.02 Å². The van der Waals surface area contributed by atoms with E-state index in [9.17, 15) is 9.59 Å². The van der Waals surface area contributed by atoms with E-state index in [-0.39, 0.29) is 17.7 Å². The van der Waals surface area contributed by atoms with E-state index in [1.807, 2.05) is 17.0 Å². The first-order valence-corrected chi connectivity index (χ1v) is 8.32. The summed E-state index contributed by atoms with van der Waals surface area (Å²) in [6, 6.07) is 7.15. The Labute approximate surface area is 136 Å². The van der Waals surface area contributed by atoms with Gasteiger partial charge in [0.25, 0.3) is 0 Å². The number of anilines is 1. The lowest BCUT2D eigenvalue weighted by Crippen LogP contribution is -2.41. The van der Waals surface area contributed by atoms with Crippen LogP contribution >= 0.6 is 11.6 Å². The fourth-order valence-corrected chi connectivity index (χ4v) is 2.88. The molecule has 0 bridgehead atoms. The number of halogens is 1. The first-order chi connectivity index (χ1) is 10.6. The average molecular weight is 323 g/mol. The Bertz CT molecular complexity index is 525. The van der Waals surface area contributed by atoms with Crippen LogP contribution < -0.4 is 5.32 Å². The molecular formula is C17H23ClN2O2. The minimum absolute atomic E-state index is 0.0166. The molecule has 2 rings (SSSR count). The predicted octanol–water partition coefficient (Wildman–Crippen LogP) is 3.71. The van der Waals surface area contributed by atoms with Gasteiger partial charge in [-0.25, -0.2) is 0 Å². The number of nitrogens with zero attached hydrogens (tertiary/aromatic N) is 1. The number of amides is 2. The molecule has 1 heterocycles. The van der Waals surface area contributed by atoms with Crippen LogP contribution in [0.25, 0.3) is 0 Å². The molecule has 0 unspecified atom stereocenters. The molecule has 0 atom stereocenters. The highest BCUT2D eigenvalue weighted by Crippen LogP contribution is 2.21. The van der Waals surface area contributed by atoms with Gasteiger partial charge in [0.05, 0.1) is 0 Å². The Kier molecular flexibility index (Phi) is 6.25. The van der Waals surface area contributed by atoms with Crippen molar-refractivity contribution in [1.82, 2.24) is 4.90 Å². The maximum atomic E-state index is 12.3. The van der Waals surface area contributed by atoms with E-state index in [1.54, 1.807) is 12.1 Å². The molecule has 1 N–H and O–H groups in total. The zero-order chi connectivity index (χ0) is 15.9. The third kappa shape index (κ3) is 4.73. The van der Waals surface area contributed by atoms with Crippen molar-refractivity contribution < 1.29 is 9.59 Å². The van der Waals surface area contributed by atoms with Crippen molar-refractivity contribution in [2.24, 2.45) is 5.92 Å². The zero-order valence-electron chi connectivity index (χ0n) is 13.0. The van der Waals surface area contributed by atoms with E-state index in [0.29, 0.717) is 24.5 Å². The quantitative estimate of drug-likeness (QED) is 0.898. The Morgan fingerprint density at radius 1 is 1.32 bits per heavy atom. The number of unbranched alkanes of at least 4 members (excludes halogenated alkanes) is 1. The molecule has 0 radical (unpaired) electrons. The summed E-state index contributed by atoms with van der Waals surface area (Å²) in [7, 11) is 0.